The maximum Gasteiger partial charge on any atom is 0.519 e. The molecule has 0 spiro atoms. The van der Waals surface area contributed by atoms with E-state index < -0.39 is 5.82 Å². The number of hydrogen-bond donors (Lipinski definition) is 1. The van der Waals surface area contributed by atoms with Crippen molar-refractivity contribution in [3.05, 3.63) is 67.1 Å². The van der Waals surface area contributed by atoms with Crippen LogP contribution in [-0.4, -0.2) is 50.6 Å². The van der Waals surface area contributed by atoms with Crippen LogP contribution in [0.1, 0.15) is 48.8 Å². The normalized spacial score (nSPS) is 16.8. The third-order valence-corrected chi connectivity index (χ3v) is 8.69. The highest BCUT2D eigenvalue weighted by atomic mass is 79.9. The maximum atomic E-state index is 13.2. The Labute approximate surface area is 233 Å². The van der Waals surface area contributed by atoms with Gasteiger partial charge in [-0.15, -0.1) is 0 Å². The average molecular weight is 596 g/mol. The largest absolute Gasteiger partial charge is 0.519 e. The molecular weight excluding hydrogens is 566 g/mol. The first kappa shape index (κ1) is 25.8. The highest BCUT2D eigenvalue weighted by molar-refractivity contribution is 9.10. The summed E-state index contributed by atoms with van der Waals surface area (Å²) in [6.45, 7) is 7.54. The number of hydrogen-bond acceptors (Lipinski definition) is 10. The summed E-state index contributed by atoms with van der Waals surface area (Å²) < 4.78 is 12.5. The molecule has 0 radical (unpaired) electrons. The van der Waals surface area contributed by atoms with Crippen molar-refractivity contribution in [1.29, 1.82) is 0 Å². The van der Waals surface area contributed by atoms with E-state index in [1.165, 1.54) is 0 Å². The number of nitrogens with one attached hydrogen (secondary N) is 1. The van der Waals surface area contributed by atoms with Crippen molar-refractivity contribution in [2.45, 2.75) is 52.1 Å². The van der Waals surface area contributed by atoms with Crippen LogP contribution in [0.25, 0.3) is 11.0 Å². The van der Waals surface area contributed by atoms with E-state index in [4.69, 9.17) is 13.8 Å². The number of fused-ring (bicyclic) bond motifs is 1. The van der Waals surface area contributed by atoms with Gasteiger partial charge < -0.3 is 19.1 Å². The number of rotatable bonds is 6. The van der Waals surface area contributed by atoms with Gasteiger partial charge in [-0.3, -0.25) is 14.3 Å². The lowest BCUT2D eigenvalue weighted by atomic mass is 10.1. The van der Waals surface area contributed by atoms with E-state index in [1.54, 1.807) is 13.1 Å². The zero-order valence-electron chi connectivity index (χ0n) is 21.9. The number of nitrogens with zero attached hydrogens (tertiary/aromatic N) is 6. The number of aryl methyl sites for hydroxylation is 2. The zero-order valence-corrected chi connectivity index (χ0v) is 23.5. The highest BCUT2D eigenvalue weighted by Gasteiger charge is 2.24. The van der Waals surface area contributed by atoms with Crippen molar-refractivity contribution in [2.75, 3.05) is 36.4 Å². The Hall–Kier alpha value is -3.51. The molecule has 1 N–H and O–H groups in total. The van der Waals surface area contributed by atoms with Crippen LogP contribution in [0, 0.1) is 13.8 Å². The van der Waals surface area contributed by atoms with E-state index in [9.17, 15) is 9.59 Å². The lowest BCUT2D eigenvalue weighted by Crippen LogP contribution is -2.46. The third kappa shape index (κ3) is 5.10. The summed E-state index contributed by atoms with van der Waals surface area (Å²) >= 11 is 3.49. The molecule has 39 heavy (non-hydrogen) atoms. The molecular formula is C27H30BrN7O4. The van der Waals surface area contributed by atoms with Gasteiger partial charge in [0.05, 0.1) is 22.9 Å². The monoisotopic (exact) mass is 595 g/mol. The lowest BCUT2D eigenvalue weighted by molar-refractivity contribution is 0.227. The minimum atomic E-state index is -0.652. The third-order valence-electron chi connectivity index (χ3n) is 7.75. The molecule has 0 atom stereocenters. The van der Waals surface area contributed by atoms with E-state index >= 15 is 0 Å². The van der Waals surface area contributed by atoms with Crippen molar-refractivity contribution in [1.82, 2.24) is 24.4 Å². The maximum absolute atomic E-state index is 13.2. The number of piperazine rings is 1. The number of aromatic nitrogens is 4. The zero-order chi connectivity index (χ0) is 27.1. The highest BCUT2D eigenvalue weighted by Crippen LogP contribution is 2.32. The number of pyridine rings is 2. The van der Waals surface area contributed by atoms with Gasteiger partial charge in [0.25, 0.3) is 5.56 Å². The SMILES string of the molecule is Cc1oc(=O)oc1CN1CCN(c2ccc(Nc3ncc4c(C)c(Br)c(=O)n(C5CCCC5)c4n3)nc2)CC1. The summed E-state index contributed by atoms with van der Waals surface area (Å²) in [5, 5.41) is 4.07. The first-order valence-electron chi connectivity index (χ1n) is 13.2. The van der Waals surface area contributed by atoms with E-state index in [2.05, 4.69) is 41.0 Å². The molecule has 11 nitrogen and oxygen atoms in total. The Morgan fingerprint density at radius 1 is 1.03 bits per heavy atom. The molecule has 4 aromatic rings. The fourth-order valence-electron chi connectivity index (χ4n) is 5.51. The Morgan fingerprint density at radius 3 is 2.46 bits per heavy atom. The quantitative estimate of drug-likeness (QED) is 0.345. The van der Waals surface area contributed by atoms with Crippen LogP contribution in [0.4, 0.5) is 17.5 Å². The molecule has 12 heteroatoms. The molecule has 0 bridgehead atoms. The minimum absolute atomic E-state index is 0.0384. The van der Waals surface area contributed by atoms with Gasteiger partial charge in [0.1, 0.15) is 17.2 Å². The Balaban J connectivity index is 1.15. The van der Waals surface area contributed by atoms with Gasteiger partial charge in [-0.25, -0.2) is 14.8 Å². The Morgan fingerprint density at radius 2 is 1.79 bits per heavy atom. The molecule has 1 aliphatic carbocycles. The van der Waals surface area contributed by atoms with Crippen molar-refractivity contribution >= 4 is 44.4 Å². The van der Waals surface area contributed by atoms with Gasteiger partial charge in [0.15, 0.2) is 5.76 Å². The lowest BCUT2D eigenvalue weighted by Gasteiger charge is -2.35. The van der Waals surface area contributed by atoms with Crippen molar-refractivity contribution < 1.29 is 8.83 Å². The van der Waals surface area contributed by atoms with Gasteiger partial charge in [-0.05, 0) is 60.3 Å². The van der Waals surface area contributed by atoms with E-state index in [1.807, 2.05) is 29.8 Å². The first-order chi connectivity index (χ1) is 18.9. The first-order valence-corrected chi connectivity index (χ1v) is 14.0. The second-order valence-electron chi connectivity index (χ2n) is 10.2. The minimum Gasteiger partial charge on any atom is -0.396 e. The summed E-state index contributed by atoms with van der Waals surface area (Å²) in [4.78, 5) is 42.9. The summed E-state index contributed by atoms with van der Waals surface area (Å²) in [7, 11) is 0. The molecule has 4 aromatic heterocycles. The molecule has 2 aliphatic rings. The second-order valence-corrected chi connectivity index (χ2v) is 11.0. The standard InChI is InChI=1S/C27H30BrN7O4/c1-16-20-14-30-26(32-24(20)35(25(36)23(16)28)18-5-3-4-6-18)31-22-8-7-19(13-29-22)34-11-9-33(10-12-34)15-21-17(2)38-27(37)39-21/h7-8,13-14,18H,3-6,9-12,15H2,1-2H3,(H,29,30,31,32). The van der Waals surface area contributed by atoms with Gasteiger partial charge in [-0.1, -0.05) is 12.8 Å². The molecule has 1 saturated carbocycles. The molecule has 0 amide bonds. The average Bonchev–Trinajstić information content (AvgIpc) is 3.58. The van der Waals surface area contributed by atoms with Gasteiger partial charge in [0.2, 0.25) is 5.95 Å². The summed E-state index contributed by atoms with van der Waals surface area (Å²) in [5.74, 6) is 1.51. The molecule has 5 heterocycles. The molecule has 1 aliphatic heterocycles. The van der Waals surface area contributed by atoms with Crippen LogP contribution in [0.3, 0.4) is 0 Å². The van der Waals surface area contributed by atoms with Crippen molar-refractivity contribution in [3.8, 4) is 0 Å². The molecule has 6 rings (SSSR count). The smallest absolute Gasteiger partial charge is 0.396 e. The Bertz CT molecular complexity index is 1610. The molecule has 0 aromatic carbocycles. The predicted molar refractivity (Wildman–Crippen MR) is 151 cm³/mol. The van der Waals surface area contributed by atoms with Gasteiger partial charge in [0, 0.05) is 43.8 Å². The van der Waals surface area contributed by atoms with E-state index in [0.717, 1.165) is 68.5 Å². The van der Waals surface area contributed by atoms with Crippen LogP contribution in [0.5, 0.6) is 0 Å². The summed E-state index contributed by atoms with van der Waals surface area (Å²) in [5.41, 5.74) is 2.50. The summed E-state index contributed by atoms with van der Waals surface area (Å²) in [6, 6.07) is 4.09. The van der Waals surface area contributed by atoms with Crippen molar-refractivity contribution in [2.24, 2.45) is 0 Å². The van der Waals surface area contributed by atoms with E-state index in [0.29, 0.717) is 40.0 Å². The second kappa shape index (κ2) is 10.6. The van der Waals surface area contributed by atoms with Crippen LogP contribution in [0.2, 0.25) is 0 Å². The molecule has 1 saturated heterocycles. The number of anilines is 3. The van der Waals surface area contributed by atoms with Crippen LogP contribution in [0.15, 0.2) is 47.4 Å². The van der Waals surface area contributed by atoms with E-state index in [-0.39, 0.29) is 11.6 Å². The molecule has 2 fully saturated rings. The summed E-state index contributed by atoms with van der Waals surface area (Å²) in [6.07, 6.45) is 7.82. The van der Waals surface area contributed by atoms with Crippen LogP contribution in [-0.2, 0) is 6.54 Å². The molecule has 204 valence electrons. The topological polar surface area (TPSA) is 123 Å². The van der Waals surface area contributed by atoms with Gasteiger partial charge >= 0.3 is 5.82 Å². The van der Waals surface area contributed by atoms with Crippen molar-refractivity contribution in [3.63, 3.8) is 0 Å². The van der Waals surface area contributed by atoms with Crippen LogP contribution < -0.4 is 21.6 Å². The van der Waals surface area contributed by atoms with Gasteiger partial charge in [-0.2, -0.15) is 4.98 Å². The van der Waals surface area contributed by atoms with Crippen LogP contribution >= 0.6 is 15.9 Å². The molecule has 0 unspecified atom stereocenters. The Kier molecular flexibility index (Phi) is 6.98. The number of halogens is 1. The fourth-order valence-corrected chi connectivity index (χ4v) is 5.92. The fraction of sp³-hybridized carbons (Fsp3) is 0.444. The predicted octanol–water partition coefficient (Wildman–Crippen LogP) is 4.29.